The van der Waals surface area contributed by atoms with Crippen LogP contribution in [0.5, 0.6) is 0 Å². The average Bonchev–Trinajstić information content (AvgIpc) is 2.58. The van der Waals surface area contributed by atoms with Crippen molar-refractivity contribution in [3.63, 3.8) is 0 Å². The number of hydrogen-bond donors (Lipinski definition) is 1. The van der Waals surface area contributed by atoms with Crippen molar-refractivity contribution in [1.29, 1.82) is 0 Å². The van der Waals surface area contributed by atoms with E-state index in [0.717, 1.165) is 16.7 Å². The SMILES string of the molecule is Nc1ccc(CC(=O)c2ccc(Cl)cc2)c(-c2ccccc2)c1. The van der Waals surface area contributed by atoms with Crippen LogP contribution < -0.4 is 5.73 Å². The fourth-order valence-corrected chi connectivity index (χ4v) is 2.67. The van der Waals surface area contributed by atoms with Gasteiger partial charge in [0, 0.05) is 22.7 Å². The van der Waals surface area contributed by atoms with Crippen LogP contribution in [-0.4, -0.2) is 5.78 Å². The maximum absolute atomic E-state index is 12.5. The monoisotopic (exact) mass is 321 g/mol. The average molecular weight is 322 g/mol. The molecule has 0 aromatic heterocycles. The van der Waals surface area contributed by atoms with E-state index >= 15 is 0 Å². The van der Waals surface area contributed by atoms with Crippen LogP contribution in [0.1, 0.15) is 15.9 Å². The molecule has 0 amide bonds. The zero-order valence-corrected chi connectivity index (χ0v) is 13.3. The first-order valence-electron chi connectivity index (χ1n) is 7.36. The minimum Gasteiger partial charge on any atom is -0.399 e. The molecule has 0 spiro atoms. The number of benzene rings is 3. The quantitative estimate of drug-likeness (QED) is 0.542. The topological polar surface area (TPSA) is 43.1 Å². The van der Waals surface area contributed by atoms with Gasteiger partial charge in [-0.1, -0.05) is 48.0 Å². The van der Waals surface area contributed by atoms with Crippen molar-refractivity contribution in [2.24, 2.45) is 0 Å². The third kappa shape index (κ3) is 3.61. The van der Waals surface area contributed by atoms with E-state index in [1.165, 1.54) is 0 Å². The molecule has 0 aliphatic heterocycles. The minimum atomic E-state index is 0.0589. The lowest BCUT2D eigenvalue weighted by molar-refractivity contribution is 0.0993. The number of Topliss-reactive ketones (excluding diaryl/α,β-unsaturated/α-hetero) is 1. The van der Waals surface area contributed by atoms with Gasteiger partial charge in [-0.15, -0.1) is 0 Å². The summed E-state index contributed by atoms with van der Waals surface area (Å²) < 4.78 is 0. The smallest absolute Gasteiger partial charge is 0.167 e. The molecule has 0 bridgehead atoms. The number of rotatable bonds is 4. The summed E-state index contributed by atoms with van der Waals surface area (Å²) in [6.45, 7) is 0. The first-order chi connectivity index (χ1) is 11.1. The van der Waals surface area contributed by atoms with Crippen molar-refractivity contribution < 1.29 is 4.79 Å². The zero-order valence-electron chi connectivity index (χ0n) is 12.5. The number of nitrogens with two attached hydrogens (primary N) is 1. The van der Waals surface area contributed by atoms with E-state index in [4.69, 9.17) is 17.3 Å². The molecule has 0 unspecified atom stereocenters. The summed E-state index contributed by atoms with van der Waals surface area (Å²) >= 11 is 5.87. The van der Waals surface area contributed by atoms with E-state index in [1.54, 1.807) is 24.3 Å². The predicted molar refractivity (Wildman–Crippen MR) is 95.8 cm³/mol. The second-order valence-corrected chi connectivity index (χ2v) is 5.83. The molecule has 0 saturated heterocycles. The summed E-state index contributed by atoms with van der Waals surface area (Å²) in [5, 5.41) is 0.624. The molecule has 0 atom stereocenters. The summed E-state index contributed by atoms with van der Waals surface area (Å²) in [4.78, 5) is 12.5. The van der Waals surface area contributed by atoms with Crippen LogP contribution in [-0.2, 0) is 6.42 Å². The number of nitrogen functional groups attached to an aromatic ring is 1. The van der Waals surface area contributed by atoms with Crippen molar-refractivity contribution in [3.8, 4) is 11.1 Å². The molecule has 3 aromatic rings. The van der Waals surface area contributed by atoms with E-state index in [1.807, 2.05) is 48.5 Å². The number of halogens is 1. The van der Waals surface area contributed by atoms with Crippen LogP contribution >= 0.6 is 11.6 Å². The maximum atomic E-state index is 12.5. The molecule has 2 nitrogen and oxygen atoms in total. The van der Waals surface area contributed by atoms with E-state index < -0.39 is 0 Å². The van der Waals surface area contributed by atoms with E-state index in [-0.39, 0.29) is 5.78 Å². The van der Waals surface area contributed by atoms with E-state index in [0.29, 0.717) is 22.7 Å². The van der Waals surface area contributed by atoms with Gasteiger partial charge in [0.05, 0.1) is 0 Å². The molecule has 0 aliphatic carbocycles. The van der Waals surface area contributed by atoms with Gasteiger partial charge in [0.2, 0.25) is 0 Å². The third-order valence-corrected chi connectivity index (χ3v) is 3.99. The van der Waals surface area contributed by atoms with Crippen LogP contribution in [0.25, 0.3) is 11.1 Å². The molecule has 2 N–H and O–H groups in total. The third-order valence-electron chi connectivity index (χ3n) is 3.74. The molecule has 23 heavy (non-hydrogen) atoms. The van der Waals surface area contributed by atoms with Gasteiger partial charge in [-0.25, -0.2) is 0 Å². The molecule has 0 saturated carbocycles. The lowest BCUT2D eigenvalue weighted by Gasteiger charge is -2.11. The normalized spacial score (nSPS) is 10.5. The number of ketones is 1. The molecule has 0 fully saturated rings. The van der Waals surface area contributed by atoms with Crippen LogP contribution in [0.15, 0.2) is 72.8 Å². The lowest BCUT2D eigenvalue weighted by Crippen LogP contribution is -2.05. The Balaban J connectivity index is 1.94. The Labute approximate surface area is 140 Å². The summed E-state index contributed by atoms with van der Waals surface area (Å²) in [6.07, 6.45) is 0.326. The van der Waals surface area contributed by atoms with Crippen molar-refractivity contribution in [2.45, 2.75) is 6.42 Å². The number of hydrogen-bond acceptors (Lipinski definition) is 2. The highest BCUT2D eigenvalue weighted by molar-refractivity contribution is 6.30. The van der Waals surface area contributed by atoms with E-state index in [2.05, 4.69) is 0 Å². The fourth-order valence-electron chi connectivity index (χ4n) is 2.55. The van der Waals surface area contributed by atoms with Gasteiger partial charge >= 0.3 is 0 Å². The Kier molecular flexibility index (Phi) is 4.45. The Morgan fingerprint density at radius 1 is 0.913 bits per heavy atom. The van der Waals surface area contributed by atoms with Gasteiger partial charge in [-0.2, -0.15) is 0 Å². The predicted octanol–water partition coefficient (Wildman–Crippen LogP) is 5.01. The summed E-state index contributed by atoms with van der Waals surface area (Å²) in [6, 6.07) is 22.6. The van der Waals surface area contributed by atoms with Crippen LogP contribution in [0.3, 0.4) is 0 Å². The van der Waals surface area contributed by atoms with Crippen molar-refractivity contribution >= 4 is 23.1 Å². The first-order valence-corrected chi connectivity index (χ1v) is 7.74. The molecule has 0 heterocycles. The summed E-state index contributed by atoms with van der Waals surface area (Å²) in [5.74, 6) is 0.0589. The Morgan fingerprint density at radius 2 is 1.61 bits per heavy atom. The first kappa shape index (κ1) is 15.3. The molecular formula is C20H16ClNO. The van der Waals surface area contributed by atoms with Gasteiger partial charge in [0.15, 0.2) is 5.78 Å². The minimum absolute atomic E-state index is 0.0589. The van der Waals surface area contributed by atoms with Crippen LogP contribution in [0.2, 0.25) is 5.02 Å². The highest BCUT2D eigenvalue weighted by Gasteiger charge is 2.12. The molecule has 0 aliphatic rings. The summed E-state index contributed by atoms with van der Waals surface area (Å²) in [5.41, 5.74) is 10.3. The van der Waals surface area contributed by atoms with Gasteiger partial charge < -0.3 is 5.73 Å². The largest absolute Gasteiger partial charge is 0.399 e. The number of carbonyl (C=O) groups is 1. The second-order valence-electron chi connectivity index (χ2n) is 5.39. The molecule has 114 valence electrons. The Bertz CT molecular complexity index is 826. The van der Waals surface area contributed by atoms with Crippen LogP contribution in [0.4, 0.5) is 5.69 Å². The highest BCUT2D eigenvalue weighted by Crippen LogP contribution is 2.27. The van der Waals surface area contributed by atoms with Gasteiger partial charge in [-0.3, -0.25) is 4.79 Å². The van der Waals surface area contributed by atoms with Crippen molar-refractivity contribution in [1.82, 2.24) is 0 Å². The standard InChI is InChI=1S/C20H16ClNO/c21-17-9-6-15(7-10-17)20(23)12-16-8-11-18(22)13-19(16)14-4-2-1-3-5-14/h1-11,13H,12,22H2. The van der Waals surface area contributed by atoms with Crippen molar-refractivity contribution in [2.75, 3.05) is 5.73 Å². The number of anilines is 1. The fraction of sp³-hybridized carbons (Fsp3) is 0.0500. The molecular weight excluding hydrogens is 306 g/mol. The Morgan fingerprint density at radius 3 is 2.30 bits per heavy atom. The highest BCUT2D eigenvalue weighted by atomic mass is 35.5. The molecule has 3 rings (SSSR count). The molecule has 3 heteroatoms. The Hall–Kier alpha value is -2.58. The van der Waals surface area contributed by atoms with Gasteiger partial charge in [0.25, 0.3) is 0 Å². The summed E-state index contributed by atoms with van der Waals surface area (Å²) in [7, 11) is 0. The second kappa shape index (κ2) is 6.67. The molecule has 3 aromatic carbocycles. The maximum Gasteiger partial charge on any atom is 0.167 e. The lowest BCUT2D eigenvalue weighted by atomic mass is 9.94. The zero-order chi connectivity index (χ0) is 16.2. The van der Waals surface area contributed by atoms with Crippen molar-refractivity contribution in [3.05, 3.63) is 88.9 Å². The van der Waals surface area contributed by atoms with E-state index in [9.17, 15) is 4.79 Å². The van der Waals surface area contributed by atoms with Crippen LogP contribution in [0, 0.1) is 0 Å². The van der Waals surface area contributed by atoms with Gasteiger partial charge in [-0.05, 0) is 53.1 Å². The van der Waals surface area contributed by atoms with Gasteiger partial charge in [0.1, 0.15) is 0 Å². The number of carbonyl (C=O) groups excluding carboxylic acids is 1. The molecule has 0 radical (unpaired) electrons.